The van der Waals surface area contributed by atoms with Crippen LogP contribution in [0.15, 0.2) is 12.2 Å². The van der Waals surface area contributed by atoms with Crippen LogP contribution in [0.4, 0.5) is 0 Å². The minimum atomic E-state index is -0.762. The highest BCUT2D eigenvalue weighted by Crippen LogP contribution is 2.10. The molecule has 0 saturated carbocycles. The smallest absolute Gasteiger partial charge is 0.306 e. The summed E-state index contributed by atoms with van der Waals surface area (Å²) >= 11 is 0. The highest BCUT2D eigenvalue weighted by atomic mass is 16.6. The number of hydrogen-bond donors (Lipinski definition) is 1. The van der Waals surface area contributed by atoms with E-state index in [2.05, 4.69) is 19.1 Å². The quantitative estimate of drug-likeness (QED) is 0.177. The van der Waals surface area contributed by atoms with Crippen LogP contribution in [0, 0.1) is 0 Å². The monoisotopic (exact) mass is 398 g/mol. The van der Waals surface area contributed by atoms with Crippen molar-refractivity contribution in [3.05, 3.63) is 12.2 Å². The summed E-state index contributed by atoms with van der Waals surface area (Å²) in [4.78, 5) is 23.1. The first-order valence-corrected chi connectivity index (χ1v) is 11.2. The van der Waals surface area contributed by atoms with Gasteiger partial charge in [-0.3, -0.25) is 9.59 Å². The summed E-state index contributed by atoms with van der Waals surface area (Å²) < 4.78 is 10.1. The normalized spacial score (nSPS) is 12.2. The van der Waals surface area contributed by atoms with Crippen LogP contribution in [0.1, 0.15) is 104 Å². The predicted octanol–water partition coefficient (Wildman–Crippen LogP) is 5.49. The van der Waals surface area contributed by atoms with E-state index in [9.17, 15) is 14.7 Å². The molecule has 0 heterocycles. The van der Waals surface area contributed by atoms with Gasteiger partial charge in [0.2, 0.25) is 0 Å². The van der Waals surface area contributed by atoms with Gasteiger partial charge >= 0.3 is 11.9 Å². The van der Waals surface area contributed by atoms with E-state index >= 15 is 0 Å². The molecule has 0 aromatic carbocycles. The highest BCUT2D eigenvalue weighted by molar-refractivity contribution is 5.70. The van der Waals surface area contributed by atoms with Crippen LogP contribution in [0.5, 0.6) is 0 Å². The van der Waals surface area contributed by atoms with Gasteiger partial charge in [0, 0.05) is 12.8 Å². The maximum Gasteiger partial charge on any atom is 0.306 e. The number of ether oxygens (including phenoxy) is 2. The first-order valence-electron chi connectivity index (χ1n) is 11.2. The Morgan fingerprint density at radius 2 is 1.39 bits per heavy atom. The first kappa shape index (κ1) is 26.6. The molecule has 0 aliphatic heterocycles. The summed E-state index contributed by atoms with van der Waals surface area (Å²) in [5.41, 5.74) is 0. The van der Waals surface area contributed by atoms with Gasteiger partial charge in [0.15, 0.2) is 6.10 Å². The topological polar surface area (TPSA) is 72.8 Å². The molecule has 28 heavy (non-hydrogen) atoms. The molecule has 0 saturated heterocycles. The third kappa shape index (κ3) is 18.0. The minimum Gasteiger partial charge on any atom is -0.462 e. The summed E-state index contributed by atoms with van der Waals surface area (Å²) in [5.74, 6) is -0.667. The molecule has 0 fully saturated rings. The Bertz CT molecular complexity index is 406. The molecule has 1 unspecified atom stereocenters. The number of esters is 2. The van der Waals surface area contributed by atoms with Crippen molar-refractivity contribution < 1.29 is 24.2 Å². The zero-order valence-corrected chi connectivity index (χ0v) is 18.1. The summed E-state index contributed by atoms with van der Waals surface area (Å²) in [5, 5.41) is 9.23. The number of aliphatic hydroxyl groups excluding tert-OH is 1. The molecule has 0 amide bonds. The van der Waals surface area contributed by atoms with Crippen LogP contribution in [-0.4, -0.2) is 36.4 Å². The molecule has 0 rings (SSSR count). The van der Waals surface area contributed by atoms with Gasteiger partial charge in [0.25, 0.3) is 0 Å². The number of carbonyl (C=O) groups excluding carboxylic acids is 2. The van der Waals surface area contributed by atoms with Gasteiger partial charge in [-0.15, -0.1) is 0 Å². The lowest BCUT2D eigenvalue weighted by Crippen LogP contribution is -2.28. The van der Waals surface area contributed by atoms with E-state index in [0.717, 1.165) is 25.7 Å². The first-order chi connectivity index (χ1) is 13.6. The van der Waals surface area contributed by atoms with E-state index in [1.165, 1.54) is 44.9 Å². The lowest BCUT2D eigenvalue weighted by molar-refractivity contribution is -0.161. The van der Waals surface area contributed by atoms with Gasteiger partial charge in [0.05, 0.1) is 6.61 Å². The van der Waals surface area contributed by atoms with E-state index in [1.54, 1.807) is 0 Å². The maximum atomic E-state index is 11.8. The third-order valence-corrected chi connectivity index (χ3v) is 4.53. The molecule has 5 heteroatoms. The number of allylic oxidation sites excluding steroid dienone is 2. The van der Waals surface area contributed by atoms with Crippen molar-refractivity contribution in [2.75, 3.05) is 13.2 Å². The second kappa shape index (κ2) is 20.4. The van der Waals surface area contributed by atoms with Gasteiger partial charge in [-0.25, -0.2) is 0 Å². The number of rotatable bonds is 19. The van der Waals surface area contributed by atoms with Crippen molar-refractivity contribution in [2.45, 2.75) is 110 Å². The Morgan fingerprint density at radius 3 is 2.00 bits per heavy atom. The molecule has 0 aliphatic carbocycles. The second-order valence-electron chi connectivity index (χ2n) is 7.35. The van der Waals surface area contributed by atoms with Gasteiger partial charge in [0.1, 0.15) is 6.61 Å². The zero-order valence-electron chi connectivity index (χ0n) is 18.1. The molecular formula is C23H42O5. The van der Waals surface area contributed by atoms with E-state index in [1.807, 2.05) is 6.92 Å². The van der Waals surface area contributed by atoms with E-state index in [4.69, 9.17) is 9.47 Å². The molecule has 164 valence electrons. The van der Waals surface area contributed by atoms with Crippen molar-refractivity contribution in [2.24, 2.45) is 0 Å². The molecule has 0 radical (unpaired) electrons. The molecule has 0 bridgehead atoms. The number of carbonyl (C=O) groups is 2. The lowest BCUT2D eigenvalue weighted by atomic mass is 10.1. The van der Waals surface area contributed by atoms with Crippen molar-refractivity contribution in [3.63, 3.8) is 0 Å². The second-order valence-corrected chi connectivity index (χ2v) is 7.35. The van der Waals surface area contributed by atoms with Crippen LogP contribution in [-0.2, 0) is 19.1 Å². The lowest BCUT2D eigenvalue weighted by Gasteiger charge is -2.15. The summed E-state index contributed by atoms with van der Waals surface area (Å²) in [6.45, 7) is 3.71. The summed E-state index contributed by atoms with van der Waals surface area (Å²) in [6, 6.07) is 0. The fourth-order valence-corrected chi connectivity index (χ4v) is 2.82. The Morgan fingerprint density at radius 1 is 0.786 bits per heavy atom. The molecule has 5 nitrogen and oxygen atoms in total. The van der Waals surface area contributed by atoms with Crippen molar-refractivity contribution >= 4 is 11.9 Å². The van der Waals surface area contributed by atoms with Crippen LogP contribution >= 0.6 is 0 Å². The van der Waals surface area contributed by atoms with Gasteiger partial charge in [-0.1, -0.05) is 64.5 Å². The Hall–Kier alpha value is -1.36. The molecule has 0 aliphatic rings. The maximum absolute atomic E-state index is 11.8. The van der Waals surface area contributed by atoms with E-state index in [0.29, 0.717) is 19.3 Å². The number of aliphatic hydroxyl groups is 1. The Labute approximate surface area is 171 Å². The van der Waals surface area contributed by atoms with Crippen LogP contribution in [0.2, 0.25) is 0 Å². The highest BCUT2D eigenvalue weighted by Gasteiger charge is 2.15. The average Bonchev–Trinajstić information content (AvgIpc) is 2.68. The molecule has 0 spiro atoms. The summed E-state index contributed by atoms with van der Waals surface area (Å²) in [6.07, 6.45) is 18.1. The predicted molar refractivity (Wildman–Crippen MR) is 113 cm³/mol. The molecule has 0 aromatic heterocycles. The number of unbranched alkanes of at least 4 members (excludes halogenated alkanes) is 9. The fourth-order valence-electron chi connectivity index (χ4n) is 2.82. The largest absolute Gasteiger partial charge is 0.462 e. The van der Waals surface area contributed by atoms with Crippen molar-refractivity contribution in [1.29, 1.82) is 0 Å². The third-order valence-electron chi connectivity index (χ3n) is 4.53. The summed E-state index contributed by atoms with van der Waals surface area (Å²) in [7, 11) is 0. The van der Waals surface area contributed by atoms with Crippen molar-refractivity contribution in [1.82, 2.24) is 0 Å². The van der Waals surface area contributed by atoms with Crippen LogP contribution in [0.3, 0.4) is 0 Å². The Balaban J connectivity index is 3.55. The Kier molecular flexibility index (Phi) is 19.4. The van der Waals surface area contributed by atoms with Gasteiger partial charge < -0.3 is 14.6 Å². The van der Waals surface area contributed by atoms with Gasteiger partial charge in [-0.05, 0) is 38.5 Å². The van der Waals surface area contributed by atoms with Crippen LogP contribution in [0.25, 0.3) is 0 Å². The van der Waals surface area contributed by atoms with Crippen molar-refractivity contribution in [3.8, 4) is 0 Å². The molecule has 0 aromatic rings. The fraction of sp³-hybridized carbons (Fsp3) is 0.826. The average molecular weight is 399 g/mol. The standard InChI is InChI=1S/C23H42O5/c1-3-5-6-7-8-9-10-11-12-13-14-15-16-18-23(26)28-21(19-24)20-27-22(25)17-4-2/h9-10,21,24H,3-8,11-20H2,1-2H3/b10-9-. The molecular weight excluding hydrogens is 356 g/mol. The molecule has 1 N–H and O–H groups in total. The molecule has 1 atom stereocenters. The SMILES string of the molecule is CCCCCC/C=C\CCCCCCCC(=O)OC(CO)COC(=O)CCC. The van der Waals surface area contributed by atoms with Crippen LogP contribution < -0.4 is 0 Å². The van der Waals surface area contributed by atoms with E-state index in [-0.39, 0.29) is 25.2 Å². The minimum absolute atomic E-state index is 0.0762. The number of hydrogen-bond acceptors (Lipinski definition) is 5. The van der Waals surface area contributed by atoms with Gasteiger partial charge in [-0.2, -0.15) is 0 Å². The van der Waals surface area contributed by atoms with E-state index < -0.39 is 6.10 Å². The zero-order chi connectivity index (χ0) is 20.9.